The Bertz CT molecular complexity index is 1180. The van der Waals surface area contributed by atoms with Crippen molar-refractivity contribution in [3.05, 3.63) is 66.7 Å². The molecule has 140 valence electrons. The van der Waals surface area contributed by atoms with Gasteiger partial charge in [-0.1, -0.05) is 18.2 Å². The fourth-order valence-corrected chi connectivity index (χ4v) is 3.63. The highest BCUT2D eigenvalue weighted by Crippen LogP contribution is 2.32. The zero-order chi connectivity index (χ0) is 19.7. The van der Waals surface area contributed by atoms with Crippen molar-refractivity contribution in [2.75, 3.05) is 17.7 Å². The first kappa shape index (κ1) is 17.8. The Kier molecular flexibility index (Phi) is 4.57. The third-order valence-electron chi connectivity index (χ3n) is 4.87. The van der Waals surface area contributed by atoms with Crippen molar-refractivity contribution >= 4 is 39.1 Å². The normalized spacial score (nSPS) is 10.9. The van der Waals surface area contributed by atoms with Crippen LogP contribution < -0.4 is 15.6 Å². The van der Waals surface area contributed by atoms with Crippen LogP contribution in [0.5, 0.6) is 0 Å². The van der Waals surface area contributed by atoms with Gasteiger partial charge in [0.2, 0.25) is 11.2 Å². The van der Waals surface area contributed by atoms with Gasteiger partial charge in [0.15, 0.2) is 0 Å². The molecule has 4 aromatic rings. The van der Waals surface area contributed by atoms with Crippen molar-refractivity contribution in [2.24, 2.45) is 7.05 Å². The molecule has 1 aromatic heterocycles. The Balaban J connectivity index is 1.89. The number of fused-ring (bicyclic) bond motifs is 3. The van der Waals surface area contributed by atoms with Gasteiger partial charge in [-0.05, 0) is 49.4 Å². The minimum Gasteiger partial charge on any atom is -0.450 e. The van der Waals surface area contributed by atoms with Crippen LogP contribution in [-0.2, 0) is 11.8 Å². The first-order valence-corrected chi connectivity index (χ1v) is 9.22. The van der Waals surface area contributed by atoms with Crippen LogP contribution in [-0.4, -0.2) is 12.7 Å². The number of hydrogen-bond donors (Lipinski definition) is 2. The van der Waals surface area contributed by atoms with Gasteiger partial charge < -0.3 is 10.5 Å². The van der Waals surface area contributed by atoms with E-state index in [4.69, 9.17) is 10.5 Å². The molecule has 0 aliphatic heterocycles. The van der Waals surface area contributed by atoms with E-state index in [1.165, 1.54) is 5.39 Å². The van der Waals surface area contributed by atoms with E-state index in [0.29, 0.717) is 12.3 Å². The number of amides is 1. The predicted octanol–water partition coefficient (Wildman–Crippen LogP) is 4.64. The highest BCUT2D eigenvalue weighted by molar-refractivity contribution is 6.09. The second-order valence-electron chi connectivity index (χ2n) is 6.65. The third kappa shape index (κ3) is 3.11. The molecule has 1 amide bonds. The molecule has 0 fully saturated rings. The monoisotopic (exact) mass is 372 g/mol. The van der Waals surface area contributed by atoms with E-state index in [1.807, 2.05) is 48.5 Å². The highest BCUT2D eigenvalue weighted by Gasteiger charge is 2.20. The molecule has 4 rings (SSSR count). The maximum absolute atomic E-state index is 11.6. The number of rotatable bonds is 3. The predicted molar refractivity (Wildman–Crippen MR) is 113 cm³/mol. The summed E-state index contributed by atoms with van der Waals surface area (Å²) in [5.74, 6) is 0. The maximum Gasteiger partial charge on any atom is 0.411 e. The summed E-state index contributed by atoms with van der Waals surface area (Å²) < 4.78 is 7.12. The van der Waals surface area contributed by atoms with Crippen LogP contribution in [0.2, 0.25) is 0 Å². The van der Waals surface area contributed by atoms with Crippen LogP contribution in [0.3, 0.4) is 0 Å². The third-order valence-corrected chi connectivity index (χ3v) is 4.87. The van der Waals surface area contributed by atoms with Gasteiger partial charge in [0.1, 0.15) is 7.05 Å². The fourth-order valence-electron chi connectivity index (χ4n) is 3.63. The smallest absolute Gasteiger partial charge is 0.411 e. The largest absolute Gasteiger partial charge is 0.450 e. The van der Waals surface area contributed by atoms with Crippen molar-refractivity contribution in [2.45, 2.75) is 6.92 Å². The second-order valence-corrected chi connectivity index (χ2v) is 6.65. The number of pyridine rings is 1. The summed E-state index contributed by atoms with van der Waals surface area (Å²) in [6, 6.07) is 22.1. The number of carbonyl (C=O) groups excluding carboxylic acids is 1. The van der Waals surface area contributed by atoms with Crippen LogP contribution in [0.15, 0.2) is 66.7 Å². The number of aryl methyl sites for hydroxylation is 1. The zero-order valence-corrected chi connectivity index (χ0v) is 15.9. The Morgan fingerprint density at radius 2 is 1.75 bits per heavy atom. The second kappa shape index (κ2) is 7.19. The van der Waals surface area contributed by atoms with Gasteiger partial charge in [0.05, 0.1) is 17.4 Å². The molecule has 0 spiro atoms. The van der Waals surface area contributed by atoms with Crippen molar-refractivity contribution in [3.8, 4) is 11.3 Å². The van der Waals surface area contributed by atoms with Crippen molar-refractivity contribution < 1.29 is 14.1 Å². The summed E-state index contributed by atoms with van der Waals surface area (Å²) in [6.07, 6.45) is -0.454. The fraction of sp³-hybridized carbons (Fsp3) is 0.130. The molecule has 0 saturated heterocycles. The Morgan fingerprint density at radius 3 is 2.50 bits per heavy atom. The average molecular weight is 372 g/mol. The molecule has 0 saturated carbocycles. The lowest BCUT2D eigenvalue weighted by Crippen LogP contribution is -2.32. The summed E-state index contributed by atoms with van der Waals surface area (Å²) >= 11 is 0. The molecule has 0 radical (unpaired) electrons. The Hall–Kier alpha value is -3.60. The van der Waals surface area contributed by atoms with E-state index in [0.717, 1.165) is 33.2 Å². The minimum absolute atomic E-state index is 0.338. The van der Waals surface area contributed by atoms with Crippen molar-refractivity contribution in [1.82, 2.24) is 0 Å². The van der Waals surface area contributed by atoms with Crippen LogP contribution >= 0.6 is 0 Å². The number of benzene rings is 3. The number of nitrogens with one attached hydrogen (secondary N) is 1. The molecule has 3 N–H and O–H groups in total. The first-order chi connectivity index (χ1) is 13.6. The van der Waals surface area contributed by atoms with Crippen LogP contribution in [0, 0.1) is 0 Å². The number of ether oxygens (including phenoxy) is 1. The molecular weight excluding hydrogens is 350 g/mol. The van der Waals surface area contributed by atoms with Crippen LogP contribution in [0.4, 0.5) is 16.2 Å². The number of nitrogens with zero attached hydrogens (tertiary/aromatic N) is 1. The number of hydrogen-bond acceptors (Lipinski definition) is 3. The maximum atomic E-state index is 11.6. The minimum atomic E-state index is -0.454. The Labute approximate surface area is 163 Å². The number of nitrogen functional groups attached to an aromatic ring is 1. The first-order valence-electron chi connectivity index (χ1n) is 9.22. The summed E-state index contributed by atoms with van der Waals surface area (Å²) in [4.78, 5) is 11.6. The topological polar surface area (TPSA) is 68.2 Å². The summed E-state index contributed by atoms with van der Waals surface area (Å²) in [6.45, 7) is 2.11. The SMILES string of the molecule is CCOC(=O)Nc1ccc(-c2c3cc(N)ccc3c3ccccc3[n+]2C)cc1. The van der Waals surface area contributed by atoms with E-state index in [9.17, 15) is 4.79 Å². The quantitative estimate of drug-likeness (QED) is 0.313. The lowest BCUT2D eigenvalue weighted by Gasteiger charge is -2.11. The number of para-hydroxylation sites is 1. The van der Waals surface area contributed by atoms with Crippen LogP contribution in [0.1, 0.15) is 6.92 Å². The molecule has 5 heteroatoms. The molecule has 0 bridgehead atoms. The summed E-state index contributed by atoms with van der Waals surface area (Å²) in [7, 11) is 2.06. The number of anilines is 2. The van der Waals surface area contributed by atoms with Gasteiger partial charge in [0, 0.05) is 28.4 Å². The summed E-state index contributed by atoms with van der Waals surface area (Å²) in [5, 5.41) is 6.16. The Morgan fingerprint density at radius 1 is 1.00 bits per heavy atom. The zero-order valence-electron chi connectivity index (χ0n) is 15.9. The number of nitrogens with two attached hydrogens (primary N) is 1. The number of carbonyl (C=O) groups is 1. The van der Waals surface area contributed by atoms with Crippen molar-refractivity contribution in [3.63, 3.8) is 0 Å². The van der Waals surface area contributed by atoms with Gasteiger partial charge in [-0.15, -0.1) is 0 Å². The van der Waals surface area contributed by atoms with E-state index in [2.05, 4.69) is 35.1 Å². The van der Waals surface area contributed by atoms with Gasteiger partial charge in [0.25, 0.3) is 0 Å². The van der Waals surface area contributed by atoms with E-state index in [-0.39, 0.29) is 0 Å². The molecule has 5 nitrogen and oxygen atoms in total. The highest BCUT2D eigenvalue weighted by atomic mass is 16.5. The van der Waals surface area contributed by atoms with Gasteiger partial charge in [-0.3, -0.25) is 5.32 Å². The molecule has 0 aliphatic rings. The average Bonchev–Trinajstić information content (AvgIpc) is 2.69. The van der Waals surface area contributed by atoms with Gasteiger partial charge in [-0.2, -0.15) is 4.57 Å². The van der Waals surface area contributed by atoms with E-state index < -0.39 is 6.09 Å². The van der Waals surface area contributed by atoms with E-state index >= 15 is 0 Å². The van der Waals surface area contributed by atoms with E-state index in [1.54, 1.807) is 6.92 Å². The van der Waals surface area contributed by atoms with Crippen molar-refractivity contribution in [1.29, 1.82) is 0 Å². The lowest BCUT2D eigenvalue weighted by molar-refractivity contribution is -0.632. The molecule has 1 heterocycles. The summed E-state index contributed by atoms with van der Waals surface area (Å²) in [5.41, 5.74) is 10.8. The molecule has 0 unspecified atom stereocenters. The van der Waals surface area contributed by atoms with Gasteiger partial charge in [-0.25, -0.2) is 4.79 Å². The molecule has 0 aliphatic carbocycles. The molecular formula is C23H22N3O2+. The lowest BCUT2D eigenvalue weighted by atomic mass is 9.98. The molecule has 28 heavy (non-hydrogen) atoms. The number of aromatic nitrogens is 1. The molecule has 0 atom stereocenters. The standard InChI is InChI=1S/C23H21N3O2/c1-3-28-23(27)25-17-11-8-15(9-12-17)22-20-14-16(24)10-13-18(20)19-6-4-5-7-21(19)26(22)2/h4-14H,3,24H2,1-2H3/p+1. The van der Waals surface area contributed by atoms with Gasteiger partial charge >= 0.3 is 6.09 Å². The molecule has 3 aromatic carbocycles. The van der Waals surface area contributed by atoms with Crippen LogP contribution in [0.25, 0.3) is 32.9 Å².